The molecule has 0 aliphatic heterocycles. The maximum absolute atomic E-state index is 12.9. The Morgan fingerprint density at radius 1 is 1.32 bits per heavy atom. The molecule has 0 fully saturated rings. The summed E-state index contributed by atoms with van der Waals surface area (Å²) in [4.78, 5) is -0.0145. The van der Waals surface area contributed by atoms with Crippen LogP contribution in [0.15, 0.2) is 30.5 Å². The average molecular weight is 334 g/mol. The number of hydrogen-bond donors (Lipinski definition) is 0. The van der Waals surface area contributed by atoms with Crippen molar-refractivity contribution in [1.82, 2.24) is 15.0 Å². The number of benzene rings is 1. The molecule has 0 aliphatic carbocycles. The average Bonchev–Trinajstić information content (AvgIpc) is 2.86. The first kappa shape index (κ1) is 14.0. The van der Waals surface area contributed by atoms with Gasteiger partial charge in [-0.2, -0.15) is 13.2 Å². The fourth-order valence-electron chi connectivity index (χ4n) is 1.66. The molecule has 19 heavy (non-hydrogen) atoms. The highest BCUT2D eigenvalue weighted by molar-refractivity contribution is 9.09. The lowest BCUT2D eigenvalue weighted by molar-refractivity contribution is -0.137. The highest BCUT2D eigenvalue weighted by atomic mass is 79.9. The number of nitrogens with zero attached hydrogens (tertiary/aromatic N) is 3. The Bertz CT molecular complexity index is 565. The van der Waals surface area contributed by atoms with Crippen LogP contribution < -0.4 is 0 Å². The van der Waals surface area contributed by atoms with E-state index >= 15 is 0 Å². The van der Waals surface area contributed by atoms with Crippen molar-refractivity contribution in [2.24, 2.45) is 0 Å². The monoisotopic (exact) mass is 333 g/mol. The van der Waals surface area contributed by atoms with Crippen LogP contribution in [0.25, 0.3) is 5.69 Å². The van der Waals surface area contributed by atoms with Gasteiger partial charge >= 0.3 is 6.18 Å². The van der Waals surface area contributed by atoms with E-state index in [1.165, 1.54) is 24.4 Å². The molecular formula is C12H11BrF3N3. The van der Waals surface area contributed by atoms with Gasteiger partial charge < -0.3 is 0 Å². The third-order valence-corrected chi connectivity index (χ3v) is 3.76. The van der Waals surface area contributed by atoms with Gasteiger partial charge in [0, 0.05) is 0 Å². The molecule has 0 N–H and O–H groups in total. The van der Waals surface area contributed by atoms with Gasteiger partial charge in [0.05, 0.1) is 28.0 Å². The first-order chi connectivity index (χ1) is 8.93. The number of rotatable bonds is 3. The molecular weight excluding hydrogens is 323 g/mol. The van der Waals surface area contributed by atoms with Crippen molar-refractivity contribution < 1.29 is 13.2 Å². The molecule has 1 aromatic carbocycles. The van der Waals surface area contributed by atoms with E-state index in [1.807, 2.05) is 6.92 Å². The molecule has 0 spiro atoms. The van der Waals surface area contributed by atoms with E-state index in [4.69, 9.17) is 0 Å². The van der Waals surface area contributed by atoms with Gasteiger partial charge in [0.2, 0.25) is 0 Å². The zero-order valence-corrected chi connectivity index (χ0v) is 11.6. The van der Waals surface area contributed by atoms with Gasteiger partial charge in [0.1, 0.15) is 0 Å². The smallest absolute Gasteiger partial charge is 0.220 e. The van der Waals surface area contributed by atoms with Gasteiger partial charge in [-0.15, -0.1) is 5.10 Å². The Morgan fingerprint density at radius 3 is 2.63 bits per heavy atom. The molecule has 1 heterocycles. The quantitative estimate of drug-likeness (QED) is 0.790. The second kappa shape index (κ2) is 5.32. The fraction of sp³-hybridized carbons (Fsp3) is 0.333. The minimum atomic E-state index is -4.42. The molecule has 0 amide bonds. The highest BCUT2D eigenvalue weighted by Gasteiger charge is 2.34. The van der Waals surface area contributed by atoms with Crippen molar-refractivity contribution in [3.8, 4) is 5.69 Å². The minimum absolute atomic E-state index is 0.0145. The van der Waals surface area contributed by atoms with Crippen LogP contribution in [0.4, 0.5) is 13.2 Å². The molecule has 0 radical (unpaired) electrons. The molecule has 0 saturated heterocycles. The van der Waals surface area contributed by atoms with E-state index in [1.54, 1.807) is 0 Å². The summed E-state index contributed by atoms with van der Waals surface area (Å²) in [5, 5.41) is 7.65. The summed E-state index contributed by atoms with van der Waals surface area (Å²) >= 11 is 3.39. The summed E-state index contributed by atoms with van der Waals surface area (Å²) < 4.78 is 39.8. The van der Waals surface area contributed by atoms with Crippen LogP contribution in [0.5, 0.6) is 0 Å². The van der Waals surface area contributed by atoms with E-state index in [0.717, 1.165) is 17.2 Å². The van der Waals surface area contributed by atoms with Gasteiger partial charge in [0.15, 0.2) is 0 Å². The Kier molecular flexibility index (Phi) is 3.93. The Hall–Kier alpha value is -1.37. The van der Waals surface area contributed by atoms with Crippen LogP contribution in [0.3, 0.4) is 0 Å². The maximum atomic E-state index is 12.9. The third-order valence-electron chi connectivity index (χ3n) is 2.65. The van der Waals surface area contributed by atoms with Crippen molar-refractivity contribution in [2.45, 2.75) is 24.3 Å². The maximum Gasteiger partial charge on any atom is 0.418 e. The predicted octanol–water partition coefficient (Wildman–Crippen LogP) is 4.13. The number of para-hydroxylation sites is 1. The first-order valence-corrected chi connectivity index (χ1v) is 6.58. The third kappa shape index (κ3) is 2.97. The van der Waals surface area contributed by atoms with Gasteiger partial charge in [-0.25, -0.2) is 4.68 Å². The van der Waals surface area contributed by atoms with E-state index in [0.29, 0.717) is 5.69 Å². The molecule has 1 unspecified atom stereocenters. The van der Waals surface area contributed by atoms with Crippen molar-refractivity contribution in [3.63, 3.8) is 0 Å². The molecule has 3 nitrogen and oxygen atoms in total. The normalized spacial score (nSPS) is 13.5. The summed E-state index contributed by atoms with van der Waals surface area (Å²) in [6.45, 7) is 1.95. The number of aromatic nitrogens is 3. The van der Waals surface area contributed by atoms with Gasteiger partial charge in [-0.05, 0) is 18.6 Å². The van der Waals surface area contributed by atoms with Crippen LogP contribution in [0.2, 0.25) is 0 Å². The van der Waals surface area contributed by atoms with Crippen molar-refractivity contribution in [1.29, 1.82) is 0 Å². The van der Waals surface area contributed by atoms with Crippen LogP contribution in [0, 0.1) is 0 Å². The SMILES string of the molecule is CCC(Br)c1cn(-c2ccccc2C(F)(F)F)nn1. The van der Waals surface area contributed by atoms with Crippen LogP contribution in [-0.2, 0) is 6.18 Å². The molecule has 2 rings (SSSR count). The van der Waals surface area contributed by atoms with E-state index < -0.39 is 11.7 Å². The molecule has 0 bridgehead atoms. The zero-order chi connectivity index (χ0) is 14.0. The Morgan fingerprint density at radius 2 is 2.00 bits per heavy atom. The van der Waals surface area contributed by atoms with Crippen LogP contribution >= 0.6 is 15.9 Å². The molecule has 0 aliphatic rings. The van der Waals surface area contributed by atoms with Gasteiger partial charge in [-0.3, -0.25) is 0 Å². The minimum Gasteiger partial charge on any atom is -0.220 e. The molecule has 0 saturated carbocycles. The van der Waals surface area contributed by atoms with Crippen LogP contribution in [0.1, 0.15) is 29.4 Å². The standard InChI is InChI=1S/C12H11BrF3N3/c1-2-9(13)10-7-19(18-17-10)11-6-4-3-5-8(11)12(14,15)16/h3-7,9H,2H2,1H3. The lowest BCUT2D eigenvalue weighted by atomic mass is 10.1. The summed E-state index contributed by atoms with van der Waals surface area (Å²) in [5.74, 6) is 0. The van der Waals surface area contributed by atoms with E-state index in [-0.39, 0.29) is 10.5 Å². The largest absolute Gasteiger partial charge is 0.418 e. The zero-order valence-electron chi connectivity index (χ0n) is 10.0. The van der Waals surface area contributed by atoms with Crippen LogP contribution in [-0.4, -0.2) is 15.0 Å². The Labute approximate surface area is 116 Å². The Balaban J connectivity index is 2.45. The number of hydrogen-bond acceptors (Lipinski definition) is 2. The summed E-state index contributed by atoms with van der Waals surface area (Å²) in [6, 6.07) is 5.29. The molecule has 1 atom stereocenters. The van der Waals surface area contributed by atoms with Crippen molar-refractivity contribution in [3.05, 3.63) is 41.7 Å². The second-order valence-corrected chi connectivity index (χ2v) is 5.08. The summed E-state index contributed by atoms with van der Waals surface area (Å²) in [7, 11) is 0. The molecule has 1 aromatic heterocycles. The highest BCUT2D eigenvalue weighted by Crippen LogP contribution is 2.33. The summed E-state index contributed by atoms with van der Waals surface area (Å²) in [6.07, 6.45) is -2.13. The topological polar surface area (TPSA) is 30.7 Å². The first-order valence-electron chi connectivity index (χ1n) is 5.66. The van der Waals surface area contributed by atoms with Crippen molar-refractivity contribution >= 4 is 15.9 Å². The van der Waals surface area contributed by atoms with E-state index in [2.05, 4.69) is 26.2 Å². The lowest BCUT2D eigenvalue weighted by Crippen LogP contribution is -2.10. The number of alkyl halides is 4. The van der Waals surface area contributed by atoms with E-state index in [9.17, 15) is 13.2 Å². The summed E-state index contributed by atoms with van der Waals surface area (Å²) in [5.41, 5.74) is -0.141. The van der Waals surface area contributed by atoms with Gasteiger partial charge in [0.25, 0.3) is 0 Å². The van der Waals surface area contributed by atoms with Gasteiger partial charge in [-0.1, -0.05) is 40.2 Å². The lowest BCUT2D eigenvalue weighted by Gasteiger charge is -2.11. The van der Waals surface area contributed by atoms with Crippen molar-refractivity contribution in [2.75, 3.05) is 0 Å². The number of halogens is 4. The molecule has 102 valence electrons. The second-order valence-electron chi connectivity index (χ2n) is 3.98. The molecule has 2 aromatic rings. The fourth-order valence-corrected chi connectivity index (χ4v) is 1.87. The predicted molar refractivity (Wildman–Crippen MR) is 68.3 cm³/mol. The molecule has 7 heteroatoms.